The van der Waals surface area contributed by atoms with Gasteiger partial charge in [-0.05, 0) is 20.8 Å². The minimum absolute atomic E-state index is 0.107. The van der Waals surface area contributed by atoms with Crippen molar-refractivity contribution in [2.75, 3.05) is 18.6 Å². The summed E-state index contributed by atoms with van der Waals surface area (Å²) in [6, 6.07) is -1.04. The number of amides is 2. The average molecular weight is 306 g/mol. The molecule has 0 heterocycles. The van der Waals surface area contributed by atoms with Crippen molar-refractivity contribution in [3.63, 3.8) is 0 Å². The molecule has 0 aliphatic heterocycles. The summed E-state index contributed by atoms with van der Waals surface area (Å²) in [5.41, 5.74) is -0.681. The highest BCUT2D eigenvalue weighted by Crippen LogP contribution is 2.09. The van der Waals surface area contributed by atoms with Gasteiger partial charge < -0.3 is 20.5 Å². The van der Waals surface area contributed by atoms with Gasteiger partial charge in [0, 0.05) is 25.0 Å². The molecule has 1 unspecified atom stereocenters. The number of alkyl carbamates (subject to hydrolysis) is 1. The second-order valence-corrected chi connectivity index (χ2v) is 6.18. The molecule has 1 atom stereocenters. The molecule has 3 N–H and O–H groups in total. The van der Waals surface area contributed by atoms with Gasteiger partial charge in [-0.15, -0.1) is 0 Å². The van der Waals surface area contributed by atoms with E-state index in [1.165, 1.54) is 18.8 Å². The number of ether oxygens (including phenoxy) is 1. The predicted octanol–water partition coefficient (Wildman–Crippen LogP) is 0.834. The first kappa shape index (κ1) is 18.6. The van der Waals surface area contributed by atoms with E-state index in [1.54, 1.807) is 20.8 Å². The van der Waals surface area contributed by atoms with E-state index < -0.39 is 23.7 Å². The number of carboxylic acids is 1. The Morgan fingerprint density at radius 1 is 1.30 bits per heavy atom. The lowest BCUT2D eigenvalue weighted by molar-refractivity contribution is -0.138. The zero-order valence-electron chi connectivity index (χ0n) is 12.2. The Bertz CT molecular complexity index is 354. The van der Waals surface area contributed by atoms with Crippen molar-refractivity contribution in [3.8, 4) is 0 Å². The molecule has 0 aromatic rings. The Hall–Kier alpha value is -1.44. The zero-order valence-corrected chi connectivity index (χ0v) is 13.0. The first-order valence-electron chi connectivity index (χ1n) is 6.16. The van der Waals surface area contributed by atoms with Crippen molar-refractivity contribution in [1.82, 2.24) is 10.6 Å². The standard InChI is InChI=1S/C12H22N2O5S/c1-12(2,3)19-11(18)14-8(10(16)17)7-20-6-5-9(15)13-4/h8H,5-7H2,1-4H3,(H,13,15)(H,14,18)(H,16,17). The van der Waals surface area contributed by atoms with E-state index in [4.69, 9.17) is 9.84 Å². The maximum absolute atomic E-state index is 11.5. The topological polar surface area (TPSA) is 105 Å². The van der Waals surface area contributed by atoms with E-state index in [0.717, 1.165) is 0 Å². The molecule has 116 valence electrons. The molecular formula is C12H22N2O5S. The molecule has 0 saturated carbocycles. The van der Waals surface area contributed by atoms with Gasteiger partial charge in [-0.2, -0.15) is 11.8 Å². The molecule has 0 aliphatic rings. The number of nitrogens with one attached hydrogen (secondary N) is 2. The summed E-state index contributed by atoms with van der Waals surface area (Å²) in [6.07, 6.45) is -0.461. The molecule has 0 saturated heterocycles. The van der Waals surface area contributed by atoms with E-state index in [9.17, 15) is 14.4 Å². The maximum atomic E-state index is 11.5. The third kappa shape index (κ3) is 9.48. The monoisotopic (exact) mass is 306 g/mol. The van der Waals surface area contributed by atoms with Gasteiger partial charge in [0.2, 0.25) is 5.91 Å². The third-order valence-corrected chi connectivity index (χ3v) is 3.09. The second-order valence-electron chi connectivity index (χ2n) is 5.04. The van der Waals surface area contributed by atoms with Crippen LogP contribution in [0.1, 0.15) is 27.2 Å². The summed E-state index contributed by atoms with van der Waals surface area (Å²) in [5.74, 6) is -0.585. The number of thioether (sulfide) groups is 1. The van der Waals surface area contributed by atoms with E-state index in [2.05, 4.69) is 10.6 Å². The summed E-state index contributed by atoms with van der Waals surface area (Å²) in [7, 11) is 1.54. The summed E-state index contributed by atoms with van der Waals surface area (Å²) in [5, 5.41) is 13.8. The first-order chi connectivity index (χ1) is 9.15. The lowest BCUT2D eigenvalue weighted by atomic mass is 10.2. The van der Waals surface area contributed by atoms with Crippen LogP contribution in [0.25, 0.3) is 0 Å². The number of aliphatic carboxylic acids is 1. The van der Waals surface area contributed by atoms with E-state index in [-0.39, 0.29) is 11.7 Å². The first-order valence-corrected chi connectivity index (χ1v) is 7.32. The third-order valence-electron chi connectivity index (χ3n) is 2.03. The number of rotatable bonds is 7. The van der Waals surface area contributed by atoms with Crippen LogP contribution in [0, 0.1) is 0 Å². The normalized spacial score (nSPS) is 12.4. The summed E-state index contributed by atoms with van der Waals surface area (Å²) in [4.78, 5) is 33.5. The second kappa shape index (κ2) is 8.68. The van der Waals surface area contributed by atoms with Gasteiger partial charge in [-0.3, -0.25) is 4.79 Å². The largest absolute Gasteiger partial charge is 0.480 e. The molecule has 7 nitrogen and oxygen atoms in total. The van der Waals surface area contributed by atoms with Gasteiger partial charge in [0.15, 0.2) is 0 Å². The van der Waals surface area contributed by atoms with E-state index >= 15 is 0 Å². The van der Waals surface area contributed by atoms with Crippen molar-refractivity contribution in [1.29, 1.82) is 0 Å². The van der Waals surface area contributed by atoms with Crippen LogP contribution < -0.4 is 10.6 Å². The number of carbonyl (C=O) groups excluding carboxylic acids is 2. The molecular weight excluding hydrogens is 284 g/mol. The lowest BCUT2D eigenvalue weighted by Crippen LogP contribution is -2.45. The zero-order chi connectivity index (χ0) is 15.8. The fraction of sp³-hybridized carbons (Fsp3) is 0.750. The minimum atomic E-state index is -1.14. The van der Waals surface area contributed by atoms with Crippen molar-refractivity contribution >= 4 is 29.7 Å². The molecule has 2 amide bonds. The molecule has 0 spiro atoms. The Kier molecular flexibility index (Phi) is 8.05. The van der Waals surface area contributed by atoms with Crippen molar-refractivity contribution in [2.24, 2.45) is 0 Å². The lowest BCUT2D eigenvalue weighted by Gasteiger charge is -2.21. The fourth-order valence-electron chi connectivity index (χ4n) is 1.12. The number of carboxylic acid groups (broad SMARTS) is 1. The Labute approximate surface area is 122 Å². The van der Waals surface area contributed by atoms with Crippen LogP contribution in [0.5, 0.6) is 0 Å². The summed E-state index contributed by atoms with van der Waals surface area (Å²) < 4.78 is 4.99. The quantitative estimate of drug-likeness (QED) is 0.602. The van der Waals surface area contributed by atoms with Gasteiger partial charge in [-0.25, -0.2) is 9.59 Å². The molecule has 8 heteroatoms. The van der Waals surface area contributed by atoms with Crippen LogP contribution in [-0.2, 0) is 14.3 Å². The van der Waals surface area contributed by atoms with Crippen molar-refractivity contribution in [3.05, 3.63) is 0 Å². The Morgan fingerprint density at radius 2 is 1.90 bits per heavy atom. The van der Waals surface area contributed by atoms with Gasteiger partial charge in [0.25, 0.3) is 0 Å². The Morgan fingerprint density at radius 3 is 2.35 bits per heavy atom. The molecule has 0 aromatic heterocycles. The van der Waals surface area contributed by atoms with Gasteiger partial charge >= 0.3 is 12.1 Å². The van der Waals surface area contributed by atoms with E-state index in [1.807, 2.05) is 0 Å². The SMILES string of the molecule is CNC(=O)CCSCC(NC(=O)OC(C)(C)C)C(=O)O. The maximum Gasteiger partial charge on any atom is 0.408 e. The molecule has 0 fully saturated rings. The molecule has 0 bridgehead atoms. The number of hydrogen-bond donors (Lipinski definition) is 3. The molecule has 0 aromatic carbocycles. The number of hydrogen-bond acceptors (Lipinski definition) is 5. The van der Waals surface area contributed by atoms with Crippen LogP contribution >= 0.6 is 11.8 Å². The van der Waals surface area contributed by atoms with Gasteiger partial charge in [0.1, 0.15) is 11.6 Å². The fourth-order valence-corrected chi connectivity index (χ4v) is 2.07. The summed E-state index contributed by atoms with van der Waals surface area (Å²) in [6.45, 7) is 5.08. The van der Waals surface area contributed by atoms with Crippen LogP contribution in [0.4, 0.5) is 4.79 Å². The highest BCUT2D eigenvalue weighted by atomic mass is 32.2. The van der Waals surface area contributed by atoms with Crippen molar-refractivity contribution in [2.45, 2.75) is 38.8 Å². The highest BCUT2D eigenvalue weighted by molar-refractivity contribution is 7.99. The van der Waals surface area contributed by atoms with Crippen LogP contribution in [0.15, 0.2) is 0 Å². The average Bonchev–Trinajstić information content (AvgIpc) is 2.29. The molecule has 0 aliphatic carbocycles. The van der Waals surface area contributed by atoms with Gasteiger partial charge in [-0.1, -0.05) is 0 Å². The Balaban J connectivity index is 4.15. The summed E-state index contributed by atoms with van der Waals surface area (Å²) >= 11 is 1.28. The van der Waals surface area contributed by atoms with Crippen LogP contribution in [0.3, 0.4) is 0 Å². The van der Waals surface area contributed by atoms with Crippen LogP contribution in [-0.4, -0.2) is 53.3 Å². The predicted molar refractivity (Wildman–Crippen MR) is 76.8 cm³/mol. The van der Waals surface area contributed by atoms with Crippen LogP contribution in [0.2, 0.25) is 0 Å². The van der Waals surface area contributed by atoms with Gasteiger partial charge in [0.05, 0.1) is 0 Å². The number of carbonyl (C=O) groups is 3. The smallest absolute Gasteiger partial charge is 0.408 e. The molecule has 20 heavy (non-hydrogen) atoms. The highest BCUT2D eigenvalue weighted by Gasteiger charge is 2.23. The molecule has 0 radical (unpaired) electrons. The van der Waals surface area contributed by atoms with E-state index in [0.29, 0.717) is 12.2 Å². The van der Waals surface area contributed by atoms with Crippen molar-refractivity contribution < 1.29 is 24.2 Å². The minimum Gasteiger partial charge on any atom is -0.480 e. The molecule has 0 rings (SSSR count).